The molecule has 1 aliphatic carbocycles. The number of ketones is 2. The molecule has 0 radical (unpaired) electrons. The first-order valence-electron chi connectivity index (χ1n) is 8.42. The molecule has 0 fully saturated rings. The molecule has 0 bridgehead atoms. The van der Waals surface area contributed by atoms with Crippen LogP contribution < -0.4 is 4.90 Å². The topological polar surface area (TPSA) is 37.4 Å². The minimum Gasteiger partial charge on any atom is -0.335 e. The van der Waals surface area contributed by atoms with E-state index in [1.165, 1.54) is 10.6 Å². The number of fused-ring (bicyclic) bond motifs is 4. The van der Waals surface area contributed by atoms with Crippen molar-refractivity contribution in [1.82, 2.24) is 0 Å². The summed E-state index contributed by atoms with van der Waals surface area (Å²) in [7, 11) is 0. The molecule has 2 aromatic rings. The van der Waals surface area contributed by atoms with Gasteiger partial charge < -0.3 is 4.90 Å². The van der Waals surface area contributed by atoms with Crippen LogP contribution >= 0.6 is 11.8 Å². The Morgan fingerprint density at radius 2 is 1.60 bits per heavy atom. The van der Waals surface area contributed by atoms with Crippen LogP contribution in [0.4, 0.5) is 5.69 Å². The Balaban J connectivity index is 1.60. The van der Waals surface area contributed by atoms with E-state index in [0.717, 1.165) is 30.0 Å². The van der Waals surface area contributed by atoms with Crippen molar-refractivity contribution >= 4 is 29.0 Å². The Bertz CT molecular complexity index is 965. The number of anilines is 1. The lowest BCUT2D eigenvalue weighted by Gasteiger charge is -2.27. The van der Waals surface area contributed by atoms with Crippen molar-refractivity contribution in [2.75, 3.05) is 11.4 Å². The fourth-order valence-corrected chi connectivity index (χ4v) is 4.97. The van der Waals surface area contributed by atoms with Gasteiger partial charge in [-0.25, -0.2) is 0 Å². The van der Waals surface area contributed by atoms with E-state index in [1.807, 2.05) is 12.1 Å². The summed E-state index contributed by atoms with van der Waals surface area (Å²) in [5.74, 6) is -0.294. The summed E-state index contributed by atoms with van der Waals surface area (Å²) in [4.78, 5) is 28.9. The predicted octanol–water partition coefficient (Wildman–Crippen LogP) is 4.61. The largest absolute Gasteiger partial charge is 0.335 e. The molecule has 0 aromatic heterocycles. The zero-order valence-corrected chi connectivity index (χ0v) is 14.3. The van der Waals surface area contributed by atoms with Crippen molar-refractivity contribution in [3.63, 3.8) is 0 Å². The molecule has 0 N–H and O–H groups in total. The highest BCUT2D eigenvalue weighted by atomic mass is 32.2. The van der Waals surface area contributed by atoms with Crippen molar-refractivity contribution in [1.29, 1.82) is 0 Å². The third-order valence-electron chi connectivity index (χ3n) is 4.93. The Labute approximate surface area is 150 Å². The molecular formula is C21H15NO2S. The Kier molecular flexibility index (Phi) is 3.22. The first-order chi connectivity index (χ1) is 12.2. The molecule has 25 heavy (non-hydrogen) atoms. The van der Waals surface area contributed by atoms with E-state index >= 15 is 0 Å². The molecule has 4 heteroatoms. The summed E-state index contributed by atoms with van der Waals surface area (Å²) in [5.41, 5.74) is 3.68. The van der Waals surface area contributed by atoms with Gasteiger partial charge in [-0.3, -0.25) is 9.59 Å². The van der Waals surface area contributed by atoms with E-state index in [1.54, 1.807) is 36.0 Å². The van der Waals surface area contributed by atoms with Gasteiger partial charge in [0.1, 0.15) is 0 Å². The second-order valence-electron chi connectivity index (χ2n) is 6.42. The average molecular weight is 345 g/mol. The number of carbonyl (C=O) groups excluding carboxylic acids is 2. The van der Waals surface area contributed by atoms with Crippen molar-refractivity contribution in [3.8, 4) is 0 Å². The second kappa shape index (κ2) is 5.46. The number of Topliss-reactive ketones (excluding diaryl/α,β-unsaturated/α-hetero) is 2. The minimum absolute atomic E-state index is 0.147. The number of allylic oxidation sites excluding steroid dienone is 3. The molecule has 2 heterocycles. The van der Waals surface area contributed by atoms with Crippen LogP contribution in [0.5, 0.6) is 0 Å². The number of nitrogens with zero attached hydrogens (tertiary/aromatic N) is 1. The van der Waals surface area contributed by atoms with Gasteiger partial charge in [-0.1, -0.05) is 48.2 Å². The molecule has 0 unspecified atom stereocenters. The highest BCUT2D eigenvalue weighted by molar-refractivity contribution is 8.03. The van der Waals surface area contributed by atoms with Crippen LogP contribution in [-0.2, 0) is 0 Å². The molecule has 0 spiro atoms. The monoisotopic (exact) mass is 345 g/mol. The molecular weight excluding hydrogens is 330 g/mol. The van der Waals surface area contributed by atoms with Gasteiger partial charge in [0, 0.05) is 22.6 Å². The summed E-state index contributed by atoms with van der Waals surface area (Å²) in [6.07, 6.45) is 3.76. The van der Waals surface area contributed by atoms with Gasteiger partial charge in [0.05, 0.1) is 16.3 Å². The highest BCUT2D eigenvalue weighted by Gasteiger charge is 2.35. The van der Waals surface area contributed by atoms with Gasteiger partial charge in [-0.2, -0.15) is 0 Å². The van der Waals surface area contributed by atoms with E-state index in [-0.39, 0.29) is 11.6 Å². The van der Waals surface area contributed by atoms with Crippen LogP contribution in [0.2, 0.25) is 0 Å². The number of hydrogen-bond acceptors (Lipinski definition) is 4. The molecule has 3 nitrogen and oxygen atoms in total. The van der Waals surface area contributed by atoms with Crippen LogP contribution in [0.25, 0.3) is 0 Å². The summed E-state index contributed by atoms with van der Waals surface area (Å²) >= 11 is 1.74. The highest BCUT2D eigenvalue weighted by Crippen LogP contribution is 2.49. The van der Waals surface area contributed by atoms with Gasteiger partial charge in [-0.05, 0) is 36.6 Å². The zero-order chi connectivity index (χ0) is 17.0. The normalized spacial score (nSPS) is 18.4. The number of benzene rings is 2. The van der Waals surface area contributed by atoms with E-state index in [4.69, 9.17) is 0 Å². The van der Waals surface area contributed by atoms with Crippen LogP contribution in [0.1, 0.15) is 33.6 Å². The SMILES string of the molecule is O=C1C(=CC2=C3Sc4ccccc4N3CCC2)C(=O)c2ccccc21. The molecule has 0 amide bonds. The number of thioether (sulfide) groups is 1. The molecule has 5 rings (SSSR count). The van der Waals surface area contributed by atoms with Crippen LogP contribution in [0.15, 0.2) is 75.7 Å². The van der Waals surface area contributed by atoms with Gasteiger partial charge in [0.25, 0.3) is 0 Å². The smallest absolute Gasteiger partial charge is 0.197 e. The van der Waals surface area contributed by atoms with Gasteiger partial charge in [-0.15, -0.1) is 0 Å². The van der Waals surface area contributed by atoms with Gasteiger partial charge in [0.2, 0.25) is 0 Å². The lowest BCUT2D eigenvalue weighted by molar-refractivity contribution is 0.0988. The van der Waals surface area contributed by atoms with Crippen molar-refractivity contribution in [2.24, 2.45) is 0 Å². The van der Waals surface area contributed by atoms with E-state index in [9.17, 15) is 9.59 Å². The number of para-hydroxylation sites is 1. The maximum atomic E-state index is 12.7. The molecule has 0 atom stereocenters. The van der Waals surface area contributed by atoms with Gasteiger partial charge >= 0.3 is 0 Å². The number of rotatable bonds is 1. The van der Waals surface area contributed by atoms with Crippen LogP contribution in [0.3, 0.4) is 0 Å². The lowest BCUT2D eigenvalue weighted by Crippen LogP contribution is -2.24. The van der Waals surface area contributed by atoms with Crippen LogP contribution in [-0.4, -0.2) is 18.1 Å². The predicted molar refractivity (Wildman–Crippen MR) is 99.1 cm³/mol. The first kappa shape index (κ1) is 14.7. The average Bonchev–Trinajstić information content (AvgIpc) is 3.14. The van der Waals surface area contributed by atoms with E-state index in [0.29, 0.717) is 16.7 Å². The van der Waals surface area contributed by atoms with Crippen LogP contribution in [0, 0.1) is 0 Å². The third kappa shape index (κ3) is 2.14. The lowest BCUT2D eigenvalue weighted by atomic mass is 10.0. The first-order valence-corrected chi connectivity index (χ1v) is 9.23. The molecule has 0 saturated carbocycles. The van der Waals surface area contributed by atoms with E-state index in [2.05, 4.69) is 23.1 Å². The number of carbonyl (C=O) groups is 2. The fourth-order valence-electron chi connectivity index (χ4n) is 3.74. The standard InChI is InChI=1S/C21H15NO2S/c23-19-14-7-1-2-8-15(14)20(24)16(19)12-13-6-5-11-22-17-9-3-4-10-18(17)25-21(13)22/h1-4,7-10,12H,5-6,11H2. The summed E-state index contributed by atoms with van der Waals surface area (Å²) in [6.45, 7) is 0.980. The molecule has 0 saturated heterocycles. The quantitative estimate of drug-likeness (QED) is 0.559. The van der Waals surface area contributed by atoms with Crippen molar-refractivity contribution in [2.45, 2.75) is 17.7 Å². The molecule has 2 aromatic carbocycles. The van der Waals surface area contributed by atoms with E-state index < -0.39 is 0 Å². The van der Waals surface area contributed by atoms with Crippen molar-refractivity contribution < 1.29 is 9.59 Å². The zero-order valence-electron chi connectivity index (χ0n) is 13.5. The Morgan fingerprint density at radius 1 is 0.920 bits per heavy atom. The summed E-state index contributed by atoms with van der Waals surface area (Å²) < 4.78 is 0. The molecule has 2 aliphatic heterocycles. The molecule has 122 valence electrons. The van der Waals surface area contributed by atoms with Crippen molar-refractivity contribution in [3.05, 3.63) is 81.9 Å². The van der Waals surface area contributed by atoms with Gasteiger partial charge in [0.15, 0.2) is 11.6 Å². The molecule has 3 aliphatic rings. The maximum Gasteiger partial charge on any atom is 0.197 e. The Morgan fingerprint density at radius 3 is 2.36 bits per heavy atom. The summed E-state index contributed by atoms with van der Waals surface area (Å²) in [5, 5.41) is 1.16. The number of hydrogen-bond donors (Lipinski definition) is 0. The minimum atomic E-state index is -0.147. The second-order valence-corrected chi connectivity index (χ2v) is 7.45. The summed E-state index contributed by atoms with van der Waals surface area (Å²) in [6, 6.07) is 15.4. The Hall–Kier alpha value is -2.59. The third-order valence-corrected chi connectivity index (χ3v) is 6.18. The fraction of sp³-hybridized carbons (Fsp3) is 0.143. The maximum absolute atomic E-state index is 12.7.